The molecule has 5 nitrogen and oxygen atoms in total. The Morgan fingerprint density at radius 2 is 1.60 bits per heavy atom. The van der Waals surface area contributed by atoms with Gasteiger partial charge in [0.25, 0.3) is 0 Å². The van der Waals surface area contributed by atoms with Gasteiger partial charge in [-0.2, -0.15) is 15.0 Å². The molecule has 0 atom stereocenters. The number of nitrogens with zero attached hydrogens (tertiary/aromatic N) is 3. The number of nitrogens with one attached hydrogen (secondary N) is 2. The fourth-order valence-electron chi connectivity index (χ4n) is 1.53. The molecule has 0 radical (unpaired) electrons. The highest BCUT2D eigenvalue weighted by molar-refractivity contribution is 6.30. The molecule has 0 aliphatic carbocycles. The molecule has 0 spiro atoms. The van der Waals surface area contributed by atoms with Crippen molar-refractivity contribution in [3.63, 3.8) is 0 Å². The first-order chi connectivity index (χ1) is 9.67. The molecule has 0 bridgehead atoms. The van der Waals surface area contributed by atoms with Gasteiger partial charge in [-0.15, -0.1) is 0 Å². The summed E-state index contributed by atoms with van der Waals surface area (Å²) in [6.07, 6.45) is 0.983. The average molecular weight is 312 g/mol. The van der Waals surface area contributed by atoms with Gasteiger partial charge < -0.3 is 10.6 Å². The van der Waals surface area contributed by atoms with Gasteiger partial charge in [-0.3, -0.25) is 0 Å². The molecule has 106 valence electrons. The smallest absolute Gasteiger partial charge is 0.229 e. The molecule has 0 amide bonds. The highest BCUT2D eigenvalue weighted by Gasteiger charge is 2.04. The number of aromatic nitrogens is 3. The van der Waals surface area contributed by atoms with Gasteiger partial charge in [0.15, 0.2) is 0 Å². The van der Waals surface area contributed by atoms with E-state index in [0.29, 0.717) is 23.5 Å². The summed E-state index contributed by atoms with van der Waals surface area (Å²) in [5, 5.41) is 7.06. The highest BCUT2D eigenvalue weighted by atomic mass is 35.5. The van der Waals surface area contributed by atoms with Crippen LogP contribution in [0.5, 0.6) is 0 Å². The van der Waals surface area contributed by atoms with Crippen LogP contribution in [0.3, 0.4) is 0 Å². The first-order valence-electron chi connectivity index (χ1n) is 6.31. The Hall–Kier alpha value is -1.59. The zero-order valence-electron chi connectivity index (χ0n) is 11.0. The molecule has 2 N–H and O–H groups in total. The summed E-state index contributed by atoms with van der Waals surface area (Å²) < 4.78 is 0. The summed E-state index contributed by atoms with van der Waals surface area (Å²) in [6, 6.07) is 7.56. The van der Waals surface area contributed by atoms with Crippen molar-refractivity contribution in [3.8, 4) is 0 Å². The topological polar surface area (TPSA) is 62.7 Å². The van der Waals surface area contributed by atoms with Crippen molar-refractivity contribution < 1.29 is 0 Å². The average Bonchev–Trinajstić information content (AvgIpc) is 2.44. The maximum atomic E-state index is 5.87. The van der Waals surface area contributed by atoms with Crippen molar-refractivity contribution in [2.24, 2.45) is 0 Å². The van der Waals surface area contributed by atoms with Gasteiger partial charge in [0.2, 0.25) is 17.2 Å². The molecule has 0 saturated heterocycles. The molecule has 0 unspecified atom stereocenters. The van der Waals surface area contributed by atoms with E-state index in [1.54, 1.807) is 0 Å². The van der Waals surface area contributed by atoms with Crippen LogP contribution in [-0.2, 0) is 6.54 Å². The monoisotopic (exact) mass is 311 g/mol. The van der Waals surface area contributed by atoms with Crippen molar-refractivity contribution >= 4 is 35.1 Å². The van der Waals surface area contributed by atoms with Crippen molar-refractivity contribution in [3.05, 3.63) is 40.1 Å². The maximum absolute atomic E-state index is 5.87. The fourth-order valence-corrected chi connectivity index (χ4v) is 1.81. The molecule has 1 heterocycles. The minimum atomic E-state index is 0.164. The number of rotatable bonds is 6. The summed E-state index contributed by atoms with van der Waals surface area (Å²) >= 11 is 11.7. The summed E-state index contributed by atoms with van der Waals surface area (Å²) in [5.41, 5.74) is 1.08. The first kappa shape index (κ1) is 14.8. The predicted molar refractivity (Wildman–Crippen MR) is 82.4 cm³/mol. The van der Waals surface area contributed by atoms with Crippen LogP contribution in [0.4, 0.5) is 11.9 Å². The van der Waals surface area contributed by atoms with E-state index in [0.717, 1.165) is 18.5 Å². The normalized spacial score (nSPS) is 10.3. The lowest BCUT2D eigenvalue weighted by atomic mass is 10.2. The van der Waals surface area contributed by atoms with Crippen LogP contribution in [0.2, 0.25) is 10.3 Å². The molecule has 1 aromatic heterocycles. The Morgan fingerprint density at radius 3 is 2.25 bits per heavy atom. The van der Waals surface area contributed by atoms with Crippen LogP contribution in [0, 0.1) is 0 Å². The van der Waals surface area contributed by atoms with Crippen molar-refractivity contribution in [2.75, 3.05) is 17.2 Å². The molecule has 2 aromatic rings. The van der Waals surface area contributed by atoms with Crippen LogP contribution < -0.4 is 10.6 Å². The number of benzene rings is 1. The number of anilines is 2. The lowest BCUT2D eigenvalue weighted by Crippen LogP contribution is -2.09. The van der Waals surface area contributed by atoms with E-state index >= 15 is 0 Å². The van der Waals surface area contributed by atoms with E-state index in [4.69, 9.17) is 23.2 Å². The van der Waals surface area contributed by atoms with Crippen LogP contribution >= 0.6 is 23.2 Å². The van der Waals surface area contributed by atoms with Crippen LogP contribution in [0.25, 0.3) is 0 Å². The van der Waals surface area contributed by atoms with Crippen LogP contribution in [0.15, 0.2) is 24.3 Å². The van der Waals surface area contributed by atoms with Gasteiger partial charge in [0, 0.05) is 18.1 Å². The highest BCUT2D eigenvalue weighted by Crippen LogP contribution is 2.13. The van der Waals surface area contributed by atoms with Crippen molar-refractivity contribution in [2.45, 2.75) is 19.9 Å². The van der Waals surface area contributed by atoms with Gasteiger partial charge >= 0.3 is 0 Å². The van der Waals surface area contributed by atoms with Crippen LogP contribution in [-0.4, -0.2) is 21.5 Å². The quantitative estimate of drug-likeness (QED) is 0.853. The largest absolute Gasteiger partial charge is 0.354 e. The molecule has 0 saturated carbocycles. The predicted octanol–water partition coefficient (Wildman–Crippen LogP) is 3.61. The molecule has 7 heteroatoms. The second-order valence-electron chi connectivity index (χ2n) is 4.16. The van der Waals surface area contributed by atoms with Crippen molar-refractivity contribution in [1.29, 1.82) is 0 Å². The first-order valence-corrected chi connectivity index (χ1v) is 7.06. The molecule has 0 aliphatic heterocycles. The summed E-state index contributed by atoms with van der Waals surface area (Å²) in [7, 11) is 0. The van der Waals surface area contributed by atoms with E-state index < -0.39 is 0 Å². The van der Waals surface area contributed by atoms with E-state index in [1.807, 2.05) is 24.3 Å². The third-order valence-corrected chi connectivity index (χ3v) is 2.93. The Kier molecular flexibility index (Phi) is 5.38. The lowest BCUT2D eigenvalue weighted by Gasteiger charge is -2.08. The summed E-state index contributed by atoms with van der Waals surface area (Å²) in [6.45, 7) is 3.44. The third-order valence-electron chi connectivity index (χ3n) is 2.51. The van der Waals surface area contributed by atoms with Crippen molar-refractivity contribution in [1.82, 2.24) is 15.0 Å². The number of halogens is 2. The van der Waals surface area contributed by atoms with Gasteiger partial charge in [-0.1, -0.05) is 30.7 Å². The summed E-state index contributed by atoms with van der Waals surface area (Å²) in [5.74, 6) is 0.920. The SMILES string of the molecule is CCCNc1nc(Cl)nc(NCc2ccc(Cl)cc2)n1. The molecular formula is C13H15Cl2N5. The van der Waals surface area contributed by atoms with E-state index in [1.165, 1.54) is 0 Å². The molecule has 1 aromatic carbocycles. The lowest BCUT2D eigenvalue weighted by molar-refractivity contribution is 0.932. The second kappa shape index (κ2) is 7.26. The minimum absolute atomic E-state index is 0.164. The van der Waals surface area contributed by atoms with Gasteiger partial charge in [0.05, 0.1) is 0 Å². The number of hydrogen-bond donors (Lipinski definition) is 2. The van der Waals surface area contributed by atoms with E-state index in [-0.39, 0.29) is 5.28 Å². The maximum Gasteiger partial charge on any atom is 0.229 e. The summed E-state index contributed by atoms with van der Waals surface area (Å²) in [4.78, 5) is 12.3. The molecule has 0 fully saturated rings. The standard InChI is InChI=1S/C13H15Cl2N5/c1-2-7-16-12-18-11(15)19-13(20-12)17-8-9-3-5-10(14)6-4-9/h3-6H,2,7-8H2,1H3,(H2,16,17,18,19,20). The molecule has 2 rings (SSSR count). The Morgan fingerprint density at radius 1 is 0.950 bits per heavy atom. The zero-order valence-corrected chi connectivity index (χ0v) is 12.5. The second-order valence-corrected chi connectivity index (χ2v) is 4.93. The minimum Gasteiger partial charge on any atom is -0.354 e. The van der Waals surface area contributed by atoms with Gasteiger partial charge in [0.1, 0.15) is 0 Å². The Balaban J connectivity index is 2.01. The fraction of sp³-hybridized carbons (Fsp3) is 0.308. The Bertz CT molecular complexity index is 559. The van der Waals surface area contributed by atoms with Gasteiger partial charge in [-0.05, 0) is 35.7 Å². The van der Waals surface area contributed by atoms with Gasteiger partial charge in [-0.25, -0.2) is 0 Å². The molecular weight excluding hydrogens is 297 g/mol. The number of hydrogen-bond acceptors (Lipinski definition) is 5. The molecule has 20 heavy (non-hydrogen) atoms. The third kappa shape index (κ3) is 4.51. The zero-order chi connectivity index (χ0) is 14.4. The molecule has 0 aliphatic rings. The Labute approximate surface area is 127 Å². The van der Waals surface area contributed by atoms with Crippen LogP contribution in [0.1, 0.15) is 18.9 Å². The van der Waals surface area contributed by atoms with E-state index in [9.17, 15) is 0 Å². The van der Waals surface area contributed by atoms with E-state index in [2.05, 4.69) is 32.5 Å².